The fourth-order valence-corrected chi connectivity index (χ4v) is 6.09. The maximum atomic E-state index is 9.52. The minimum atomic E-state index is 0.440. The summed E-state index contributed by atoms with van der Waals surface area (Å²) in [4.78, 5) is 8.25. The van der Waals surface area contributed by atoms with Gasteiger partial charge in [0.25, 0.3) is 0 Å². The van der Waals surface area contributed by atoms with E-state index < -0.39 is 0 Å². The summed E-state index contributed by atoms with van der Waals surface area (Å²) >= 11 is 6.96. The maximum Gasteiger partial charge on any atom is 0.152 e. The molecule has 3 heterocycles. The van der Waals surface area contributed by atoms with Crippen molar-refractivity contribution in [3.05, 3.63) is 45.2 Å². The van der Waals surface area contributed by atoms with Crippen LogP contribution in [0.3, 0.4) is 0 Å². The summed E-state index contributed by atoms with van der Waals surface area (Å²) < 4.78 is 4.52. The van der Waals surface area contributed by atoms with Gasteiger partial charge >= 0.3 is 0 Å². The molecule has 4 nitrogen and oxygen atoms in total. The van der Waals surface area contributed by atoms with Crippen LogP contribution in [0.1, 0.15) is 11.1 Å². The molecule has 1 N–H and O–H groups in total. The van der Waals surface area contributed by atoms with Gasteiger partial charge in [-0.15, -0.1) is 22.7 Å². The van der Waals surface area contributed by atoms with Crippen LogP contribution in [0.2, 0.25) is 0 Å². The highest BCUT2D eigenvalue weighted by atomic mass is 79.9. The van der Waals surface area contributed by atoms with Gasteiger partial charge in [-0.1, -0.05) is 6.07 Å². The van der Waals surface area contributed by atoms with Crippen molar-refractivity contribution < 1.29 is 0 Å². The van der Waals surface area contributed by atoms with Gasteiger partial charge in [-0.05, 0) is 45.0 Å². The molecule has 5 rings (SSSR count). The number of aromatic nitrogens is 2. The van der Waals surface area contributed by atoms with Gasteiger partial charge in [0, 0.05) is 10.8 Å². The number of H-pyrrole nitrogens is 1. The van der Waals surface area contributed by atoms with Gasteiger partial charge in [-0.25, -0.2) is 4.98 Å². The van der Waals surface area contributed by atoms with E-state index in [2.05, 4.69) is 53.0 Å². The van der Waals surface area contributed by atoms with Crippen molar-refractivity contribution in [2.24, 2.45) is 0 Å². The van der Waals surface area contributed by atoms with Crippen molar-refractivity contribution in [2.75, 3.05) is 0 Å². The second kappa shape index (κ2) is 5.93. The lowest BCUT2D eigenvalue weighted by atomic mass is 10.0. The number of hydrogen-bond donors (Lipinski definition) is 1. The van der Waals surface area contributed by atoms with E-state index in [1.165, 1.54) is 15.5 Å². The number of rotatable bonds is 1. The number of nitrogens with zero attached hydrogens (tertiary/aromatic N) is 3. The third-order valence-electron chi connectivity index (χ3n) is 4.54. The normalized spacial score (nSPS) is 11.2. The Balaban J connectivity index is 1.97. The molecule has 0 saturated carbocycles. The number of nitriles is 2. The van der Waals surface area contributed by atoms with E-state index in [9.17, 15) is 10.5 Å². The van der Waals surface area contributed by atoms with Gasteiger partial charge in [0.2, 0.25) is 0 Å². The van der Waals surface area contributed by atoms with Crippen LogP contribution >= 0.6 is 38.6 Å². The van der Waals surface area contributed by atoms with Crippen molar-refractivity contribution in [3.63, 3.8) is 0 Å². The van der Waals surface area contributed by atoms with Crippen LogP contribution in [0.5, 0.6) is 0 Å². The first-order chi connectivity index (χ1) is 13.1. The number of thiophene rings is 2. The smallest absolute Gasteiger partial charge is 0.152 e. The summed E-state index contributed by atoms with van der Waals surface area (Å²) in [6, 6.07) is 13.8. The lowest BCUT2D eigenvalue weighted by Gasteiger charge is -2.02. The average molecular weight is 447 g/mol. The van der Waals surface area contributed by atoms with E-state index in [1.54, 1.807) is 40.9 Å². The summed E-state index contributed by atoms with van der Waals surface area (Å²) in [5.74, 6) is 0.558. The van der Waals surface area contributed by atoms with Crippen molar-refractivity contribution >= 4 is 82.4 Å². The number of halogens is 1. The third kappa shape index (κ3) is 2.35. The van der Waals surface area contributed by atoms with Crippen LogP contribution in [-0.2, 0) is 0 Å². The Morgan fingerprint density at radius 1 is 1.04 bits per heavy atom. The Kier molecular flexibility index (Phi) is 3.63. The van der Waals surface area contributed by atoms with Gasteiger partial charge in [0.05, 0.1) is 47.5 Å². The highest BCUT2D eigenvalue weighted by Gasteiger charge is 2.20. The van der Waals surface area contributed by atoms with Gasteiger partial charge in [0.15, 0.2) is 7.85 Å². The molecule has 0 bridgehead atoms. The van der Waals surface area contributed by atoms with Crippen LogP contribution in [0, 0.1) is 22.7 Å². The predicted molar refractivity (Wildman–Crippen MR) is 118 cm³/mol. The zero-order valence-electron chi connectivity index (χ0n) is 13.9. The second-order valence-electron chi connectivity index (χ2n) is 6.15. The molecule has 0 unspecified atom stereocenters. The lowest BCUT2D eigenvalue weighted by Crippen LogP contribution is -1.91. The molecule has 5 aromatic rings. The van der Waals surface area contributed by atoms with Gasteiger partial charge in [0.1, 0.15) is 11.3 Å². The summed E-state index contributed by atoms with van der Waals surface area (Å²) in [5.41, 5.74) is 3.27. The largest absolute Gasteiger partial charge is 0.337 e. The van der Waals surface area contributed by atoms with E-state index in [0.717, 1.165) is 24.2 Å². The number of benzene rings is 2. The number of imidazole rings is 1. The average Bonchev–Trinajstić information content (AvgIpc) is 3.36. The standard InChI is InChI=1S/C19H8BBrN4S2/c20-12-4-10-11-5-13(21)27-18(11)16-15(17(10)26-12)24-19(25-16)14-8(6-22)2-1-3-9(14)7-23/h1-5H,20H2,(H,24,25). The second-order valence-corrected chi connectivity index (χ2v) is 9.84. The number of fused-ring (bicyclic) bond motifs is 6. The number of nitrogens with one attached hydrogen (secondary N) is 1. The van der Waals surface area contributed by atoms with Crippen LogP contribution in [0.15, 0.2) is 34.1 Å². The lowest BCUT2D eigenvalue weighted by molar-refractivity contribution is 1.31. The van der Waals surface area contributed by atoms with Crippen molar-refractivity contribution in [1.29, 1.82) is 10.5 Å². The first kappa shape index (κ1) is 16.5. The number of aromatic amines is 1. The molecule has 0 saturated heterocycles. The van der Waals surface area contributed by atoms with Crippen LogP contribution in [-0.4, -0.2) is 17.8 Å². The Bertz CT molecular complexity index is 1370. The molecular formula is C19H8BBrN4S2. The fourth-order valence-electron chi connectivity index (χ4n) is 3.45. The molecule has 0 aliphatic carbocycles. The monoisotopic (exact) mass is 446 g/mol. The maximum absolute atomic E-state index is 9.52. The SMILES string of the molecule is Bc1cc2c3cc(Br)sc3c3nc(-c4c(C#N)cccc4C#N)[nH]c3c2s1. The molecule has 0 aliphatic rings. The zero-order chi connectivity index (χ0) is 18.7. The first-order valence-corrected chi connectivity index (χ1v) is 10.5. The highest BCUT2D eigenvalue weighted by molar-refractivity contribution is 9.11. The first-order valence-electron chi connectivity index (χ1n) is 8.05. The summed E-state index contributed by atoms with van der Waals surface area (Å²) in [7, 11) is 2.10. The predicted octanol–water partition coefficient (Wildman–Crippen LogP) is 4.42. The fraction of sp³-hybridized carbons (Fsp3) is 0. The zero-order valence-corrected chi connectivity index (χ0v) is 17.1. The molecule has 3 aromatic heterocycles. The van der Waals surface area contributed by atoms with E-state index in [4.69, 9.17) is 4.98 Å². The van der Waals surface area contributed by atoms with Crippen molar-refractivity contribution in [1.82, 2.24) is 9.97 Å². The van der Waals surface area contributed by atoms with E-state index >= 15 is 0 Å². The molecule has 126 valence electrons. The van der Waals surface area contributed by atoms with Crippen molar-refractivity contribution in [2.45, 2.75) is 0 Å². The molecule has 27 heavy (non-hydrogen) atoms. The van der Waals surface area contributed by atoms with E-state index in [0.29, 0.717) is 22.5 Å². The molecule has 0 atom stereocenters. The topological polar surface area (TPSA) is 76.3 Å². The molecule has 0 aliphatic heterocycles. The Morgan fingerprint density at radius 3 is 2.44 bits per heavy atom. The van der Waals surface area contributed by atoms with Crippen LogP contribution in [0.25, 0.3) is 42.6 Å². The summed E-state index contributed by atoms with van der Waals surface area (Å²) in [6.07, 6.45) is 0. The Hall–Kier alpha value is -2.65. The summed E-state index contributed by atoms with van der Waals surface area (Å²) in [5, 5.41) is 21.4. The highest BCUT2D eigenvalue weighted by Crippen LogP contribution is 2.42. The number of hydrogen-bond acceptors (Lipinski definition) is 5. The van der Waals surface area contributed by atoms with Gasteiger partial charge in [-0.3, -0.25) is 0 Å². The molecule has 0 amide bonds. The Labute approximate surface area is 171 Å². The molecule has 0 fully saturated rings. The Morgan fingerprint density at radius 2 is 1.74 bits per heavy atom. The molecule has 0 spiro atoms. The third-order valence-corrected chi connectivity index (χ3v) is 7.25. The molecule has 8 heteroatoms. The minimum Gasteiger partial charge on any atom is -0.337 e. The van der Waals surface area contributed by atoms with Gasteiger partial charge in [-0.2, -0.15) is 10.5 Å². The van der Waals surface area contributed by atoms with E-state index in [1.807, 2.05) is 0 Å². The molecule has 0 radical (unpaired) electrons. The van der Waals surface area contributed by atoms with Crippen molar-refractivity contribution in [3.8, 4) is 23.5 Å². The van der Waals surface area contributed by atoms with Gasteiger partial charge < -0.3 is 4.98 Å². The minimum absolute atomic E-state index is 0.440. The quantitative estimate of drug-likeness (QED) is 0.387. The van der Waals surface area contributed by atoms with E-state index in [-0.39, 0.29) is 0 Å². The van der Waals surface area contributed by atoms with Crippen LogP contribution in [0.4, 0.5) is 0 Å². The van der Waals surface area contributed by atoms with Crippen LogP contribution < -0.4 is 4.78 Å². The molecule has 2 aromatic carbocycles. The molecular weight excluding hydrogens is 439 g/mol. The summed E-state index contributed by atoms with van der Waals surface area (Å²) in [6.45, 7) is 0.